The van der Waals surface area contributed by atoms with Crippen molar-refractivity contribution in [2.45, 2.75) is 51.5 Å². The van der Waals surface area contributed by atoms with Crippen LogP contribution in [0.2, 0.25) is 0 Å². The molecule has 3 aliphatic rings. The van der Waals surface area contributed by atoms with Crippen LogP contribution >= 0.6 is 0 Å². The molecule has 1 amide bonds. The molecule has 3 aliphatic heterocycles. The summed E-state index contributed by atoms with van der Waals surface area (Å²) in [5.41, 5.74) is 1.79. The second-order valence-electron chi connectivity index (χ2n) is 8.11. The molecule has 1 atom stereocenters. The van der Waals surface area contributed by atoms with E-state index in [9.17, 15) is 13.2 Å². The minimum absolute atomic E-state index is 0.0814. The molecule has 9 nitrogen and oxygen atoms in total. The minimum atomic E-state index is -3.46. The van der Waals surface area contributed by atoms with Gasteiger partial charge in [-0.25, -0.2) is 9.97 Å². The topological polar surface area (TPSA) is 98.7 Å². The van der Waals surface area contributed by atoms with E-state index in [0.717, 1.165) is 49.3 Å². The van der Waals surface area contributed by atoms with Crippen molar-refractivity contribution in [3.05, 3.63) is 17.1 Å². The van der Waals surface area contributed by atoms with Crippen molar-refractivity contribution < 1.29 is 13.2 Å². The van der Waals surface area contributed by atoms with Gasteiger partial charge in [0.15, 0.2) is 0 Å². The highest BCUT2D eigenvalue weighted by Crippen LogP contribution is 2.31. The molecular formula is C19H30N6O3S. The molecule has 29 heavy (non-hydrogen) atoms. The number of nitrogens with zero attached hydrogens (tertiary/aromatic N) is 5. The first-order valence-electron chi connectivity index (χ1n) is 10.5. The Balaban J connectivity index is 1.56. The van der Waals surface area contributed by atoms with Crippen molar-refractivity contribution in [1.82, 2.24) is 23.5 Å². The fourth-order valence-corrected chi connectivity index (χ4v) is 6.17. The number of nitrogens with one attached hydrogen (secondary N) is 1. The quantitative estimate of drug-likeness (QED) is 0.776. The molecule has 4 heterocycles. The summed E-state index contributed by atoms with van der Waals surface area (Å²) in [6, 6.07) is 0. The molecule has 1 aromatic heterocycles. The molecule has 4 rings (SSSR count). The van der Waals surface area contributed by atoms with Crippen molar-refractivity contribution in [2.24, 2.45) is 0 Å². The molecule has 2 saturated heterocycles. The van der Waals surface area contributed by atoms with Gasteiger partial charge >= 0.3 is 0 Å². The Morgan fingerprint density at radius 2 is 1.83 bits per heavy atom. The predicted molar refractivity (Wildman–Crippen MR) is 110 cm³/mol. The molecule has 160 valence electrons. The van der Waals surface area contributed by atoms with E-state index in [-0.39, 0.29) is 11.8 Å². The normalized spacial score (nSPS) is 23.8. The SMILES string of the molecule is CNc1nc([C@@H]2CCN(C(C)=O)C2)nc2c1CN(S(=O)(=O)N1CCCCC1)CC2. The first-order chi connectivity index (χ1) is 13.9. The van der Waals surface area contributed by atoms with Crippen LogP contribution in [0.4, 0.5) is 5.82 Å². The molecule has 0 aromatic carbocycles. The standard InChI is InChI=1S/C19H30N6O3S/c1-14(26)23-10-6-15(12-23)18-21-17-7-11-25(13-16(17)19(20-2)22-18)29(27,28)24-8-4-3-5-9-24/h15H,3-13H2,1-2H3,(H,20,21,22)/t15-/m1/s1. The van der Waals surface area contributed by atoms with Crippen LogP contribution < -0.4 is 5.32 Å². The van der Waals surface area contributed by atoms with Crippen LogP contribution in [0.3, 0.4) is 0 Å². The number of amides is 1. The number of aromatic nitrogens is 2. The maximum atomic E-state index is 13.1. The van der Waals surface area contributed by atoms with Gasteiger partial charge in [0.1, 0.15) is 11.6 Å². The van der Waals surface area contributed by atoms with Crippen molar-refractivity contribution in [1.29, 1.82) is 0 Å². The number of rotatable bonds is 4. The Bertz CT molecular complexity index is 867. The van der Waals surface area contributed by atoms with E-state index in [4.69, 9.17) is 9.97 Å². The van der Waals surface area contributed by atoms with Gasteiger partial charge in [0.25, 0.3) is 10.2 Å². The Morgan fingerprint density at radius 1 is 1.07 bits per heavy atom. The van der Waals surface area contributed by atoms with Gasteiger partial charge in [0.05, 0.1) is 5.69 Å². The number of carbonyl (C=O) groups excluding carboxylic acids is 1. The molecule has 1 N–H and O–H groups in total. The molecule has 0 spiro atoms. The van der Waals surface area contributed by atoms with Crippen LogP contribution in [0.1, 0.15) is 55.6 Å². The minimum Gasteiger partial charge on any atom is -0.373 e. The van der Waals surface area contributed by atoms with Gasteiger partial charge in [-0.2, -0.15) is 17.0 Å². The van der Waals surface area contributed by atoms with Gasteiger partial charge in [-0.1, -0.05) is 6.42 Å². The Kier molecular flexibility index (Phi) is 5.76. The third kappa shape index (κ3) is 3.97. The summed E-state index contributed by atoms with van der Waals surface area (Å²) in [6.07, 6.45) is 4.39. The van der Waals surface area contributed by atoms with E-state index < -0.39 is 10.2 Å². The van der Waals surface area contributed by atoms with Gasteiger partial charge in [-0.3, -0.25) is 4.79 Å². The van der Waals surface area contributed by atoms with Gasteiger partial charge in [-0.15, -0.1) is 0 Å². The summed E-state index contributed by atoms with van der Waals surface area (Å²) in [6.45, 7) is 4.92. The van der Waals surface area contributed by atoms with Crippen LogP contribution in [0.15, 0.2) is 0 Å². The highest BCUT2D eigenvalue weighted by atomic mass is 32.2. The molecule has 0 bridgehead atoms. The largest absolute Gasteiger partial charge is 0.373 e. The van der Waals surface area contributed by atoms with E-state index in [0.29, 0.717) is 45.0 Å². The average Bonchev–Trinajstić information content (AvgIpc) is 3.24. The lowest BCUT2D eigenvalue weighted by molar-refractivity contribution is -0.127. The van der Waals surface area contributed by atoms with Gasteiger partial charge in [0.2, 0.25) is 5.91 Å². The Labute approximate surface area is 172 Å². The van der Waals surface area contributed by atoms with Crippen molar-refractivity contribution >= 4 is 21.9 Å². The lowest BCUT2D eigenvalue weighted by Gasteiger charge is -2.35. The maximum Gasteiger partial charge on any atom is 0.282 e. The van der Waals surface area contributed by atoms with Gasteiger partial charge in [-0.05, 0) is 19.3 Å². The number of hydrogen-bond donors (Lipinski definition) is 1. The first-order valence-corrected chi connectivity index (χ1v) is 11.9. The lowest BCUT2D eigenvalue weighted by Crippen LogP contribution is -2.47. The lowest BCUT2D eigenvalue weighted by atomic mass is 10.0. The summed E-state index contributed by atoms with van der Waals surface area (Å²) >= 11 is 0. The van der Waals surface area contributed by atoms with Crippen LogP contribution in [0.25, 0.3) is 0 Å². The second kappa shape index (κ2) is 8.16. The summed E-state index contributed by atoms with van der Waals surface area (Å²) in [4.78, 5) is 23.0. The zero-order valence-electron chi connectivity index (χ0n) is 17.2. The van der Waals surface area contributed by atoms with Crippen molar-refractivity contribution in [3.63, 3.8) is 0 Å². The summed E-state index contributed by atoms with van der Waals surface area (Å²) in [7, 11) is -1.65. The van der Waals surface area contributed by atoms with Crippen LogP contribution in [0.5, 0.6) is 0 Å². The fraction of sp³-hybridized carbons (Fsp3) is 0.737. The molecule has 0 aliphatic carbocycles. The van der Waals surface area contributed by atoms with Crippen LogP contribution in [0, 0.1) is 0 Å². The highest BCUT2D eigenvalue weighted by Gasteiger charge is 2.35. The van der Waals surface area contributed by atoms with Gasteiger partial charge in [0, 0.05) is 71.1 Å². The molecule has 2 fully saturated rings. The number of likely N-dealkylation sites (tertiary alicyclic amines) is 1. The number of anilines is 1. The third-order valence-corrected chi connectivity index (χ3v) is 8.23. The number of piperidine rings is 1. The molecule has 0 unspecified atom stereocenters. The molecule has 1 aromatic rings. The zero-order chi connectivity index (χ0) is 20.6. The summed E-state index contributed by atoms with van der Waals surface area (Å²) in [5.74, 6) is 1.67. The van der Waals surface area contributed by atoms with Gasteiger partial charge < -0.3 is 10.2 Å². The Morgan fingerprint density at radius 3 is 2.48 bits per heavy atom. The van der Waals surface area contributed by atoms with E-state index in [1.54, 1.807) is 22.6 Å². The fourth-order valence-electron chi connectivity index (χ4n) is 4.51. The third-order valence-electron chi connectivity index (χ3n) is 6.25. The summed E-state index contributed by atoms with van der Waals surface area (Å²) < 4.78 is 29.3. The monoisotopic (exact) mass is 422 g/mol. The highest BCUT2D eigenvalue weighted by molar-refractivity contribution is 7.86. The van der Waals surface area contributed by atoms with E-state index in [1.165, 1.54) is 0 Å². The molecule has 10 heteroatoms. The van der Waals surface area contributed by atoms with Crippen molar-refractivity contribution in [2.75, 3.05) is 45.1 Å². The predicted octanol–water partition coefficient (Wildman–Crippen LogP) is 0.943. The molecular weight excluding hydrogens is 392 g/mol. The smallest absolute Gasteiger partial charge is 0.282 e. The average molecular weight is 423 g/mol. The summed E-state index contributed by atoms with van der Waals surface area (Å²) in [5, 5.41) is 3.14. The zero-order valence-corrected chi connectivity index (χ0v) is 18.0. The number of hydrogen-bond acceptors (Lipinski definition) is 6. The van der Waals surface area contributed by atoms with Crippen molar-refractivity contribution in [3.8, 4) is 0 Å². The van der Waals surface area contributed by atoms with Crippen LogP contribution in [-0.4, -0.2) is 77.6 Å². The molecule has 0 radical (unpaired) electrons. The van der Waals surface area contributed by atoms with E-state index in [2.05, 4.69) is 5.32 Å². The van der Waals surface area contributed by atoms with Crippen LogP contribution in [-0.2, 0) is 28.0 Å². The van der Waals surface area contributed by atoms with E-state index in [1.807, 2.05) is 4.90 Å². The number of fused-ring (bicyclic) bond motifs is 1. The van der Waals surface area contributed by atoms with E-state index >= 15 is 0 Å². The number of carbonyl (C=O) groups is 1. The second-order valence-corrected chi connectivity index (χ2v) is 10.0. The maximum absolute atomic E-state index is 13.1. The first kappa shape index (κ1) is 20.5. The molecule has 0 saturated carbocycles. The Hall–Kier alpha value is -1.78.